The van der Waals surface area contributed by atoms with E-state index in [1.807, 2.05) is 7.05 Å². The van der Waals surface area contributed by atoms with Crippen LogP contribution in [0.3, 0.4) is 0 Å². The fraction of sp³-hybridized carbons (Fsp3) is 0.611. The van der Waals surface area contributed by atoms with E-state index >= 15 is 0 Å². The summed E-state index contributed by atoms with van der Waals surface area (Å²) >= 11 is 0. The molecular formula is C18H32N4. The van der Waals surface area contributed by atoms with Gasteiger partial charge in [0.25, 0.3) is 0 Å². The number of aliphatic imine (C=N–C) groups is 1. The number of benzene rings is 1. The van der Waals surface area contributed by atoms with Crippen LogP contribution >= 0.6 is 0 Å². The lowest BCUT2D eigenvalue weighted by Gasteiger charge is -2.21. The summed E-state index contributed by atoms with van der Waals surface area (Å²) in [6, 6.07) is 9.13. The Bertz CT molecular complexity index is 468. The third-order valence-electron chi connectivity index (χ3n) is 4.03. The Morgan fingerprint density at radius 2 is 1.91 bits per heavy atom. The largest absolute Gasteiger partial charge is 0.354 e. The van der Waals surface area contributed by atoms with Gasteiger partial charge in [-0.1, -0.05) is 45.0 Å². The minimum atomic E-state index is 0.399. The fourth-order valence-corrected chi connectivity index (χ4v) is 2.02. The first-order chi connectivity index (χ1) is 10.5. The minimum absolute atomic E-state index is 0.399. The number of nitrogens with zero attached hydrogens (tertiary/aromatic N) is 2. The summed E-state index contributed by atoms with van der Waals surface area (Å²) in [6.07, 6.45) is 0. The molecule has 1 aromatic rings. The molecule has 1 rings (SSSR count). The van der Waals surface area contributed by atoms with Crippen LogP contribution in [-0.4, -0.2) is 37.5 Å². The average Bonchev–Trinajstić information content (AvgIpc) is 2.51. The van der Waals surface area contributed by atoms with Crippen LogP contribution in [0.25, 0.3) is 0 Å². The summed E-state index contributed by atoms with van der Waals surface area (Å²) < 4.78 is 0. The van der Waals surface area contributed by atoms with Crippen LogP contribution in [0.2, 0.25) is 0 Å². The normalized spacial score (nSPS) is 13.5. The minimum Gasteiger partial charge on any atom is -0.354 e. The van der Waals surface area contributed by atoms with Crippen LogP contribution in [0.5, 0.6) is 0 Å². The predicted molar refractivity (Wildman–Crippen MR) is 96.1 cm³/mol. The SMILES string of the molecule is CCN(C)Cc1cccc(CNC(=NC)NC(C)C(C)C)c1. The maximum Gasteiger partial charge on any atom is 0.191 e. The summed E-state index contributed by atoms with van der Waals surface area (Å²) in [5.74, 6) is 1.43. The van der Waals surface area contributed by atoms with Crippen molar-refractivity contribution < 1.29 is 0 Å². The summed E-state index contributed by atoms with van der Waals surface area (Å²) in [6.45, 7) is 11.6. The Hall–Kier alpha value is -1.55. The van der Waals surface area contributed by atoms with Gasteiger partial charge < -0.3 is 15.5 Å². The molecule has 22 heavy (non-hydrogen) atoms. The van der Waals surface area contributed by atoms with Crippen LogP contribution in [0, 0.1) is 5.92 Å². The first-order valence-electron chi connectivity index (χ1n) is 8.19. The van der Waals surface area contributed by atoms with E-state index in [0.29, 0.717) is 12.0 Å². The molecule has 0 heterocycles. The standard InChI is InChI=1S/C18H32N4/c1-7-22(6)13-17-10-8-9-16(11-17)12-20-18(19-5)21-15(4)14(2)3/h8-11,14-15H,7,12-13H2,1-6H3,(H2,19,20,21). The molecule has 0 aliphatic rings. The van der Waals surface area contributed by atoms with Gasteiger partial charge in [-0.25, -0.2) is 0 Å². The van der Waals surface area contributed by atoms with Crippen LogP contribution in [0.1, 0.15) is 38.8 Å². The Kier molecular flexibility index (Phi) is 7.96. The van der Waals surface area contributed by atoms with Gasteiger partial charge in [0.1, 0.15) is 0 Å². The van der Waals surface area contributed by atoms with Gasteiger partial charge in [-0.15, -0.1) is 0 Å². The number of nitrogens with one attached hydrogen (secondary N) is 2. The Labute approximate surface area is 136 Å². The van der Waals surface area contributed by atoms with Crippen molar-refractivity contribution in [3.8, 4) is 0 Å². The number of guanidine groups is 1. The van der Waals surface area contributed by atoms with Crippen molar-refractivity contribution >= 4 is 5.96 Å². The zero-order chi connectivity index (χ0) is 16.5. The maximum atomic E-state index is 4.30. The third-order valence-corrected chi connectivity index (χ3v) is 4.03. The van der Waals surface area contributed by atoms with Gasteiger partial charge in [0, 0.05) is 26.2 Å². The predicted octanol–water partition coefficient (Wildman–Crippen LogP) is 2.85. The number of rotatable bonds is 7. The van der Waals surface area contributed by atoms with Crippen molar-refractivity contribution in [2.24, 2.45) is 10.9 Å². The first kappa shape index (κ1) is 18.5. The smallest absolute Gasteiger partial charge is 0.191 e. The van der Waals surface area contributed by atoms with Crippen LogP contribution in [-0.2, 0) is 13.1 Å². The summed E-state index contributed by atoms with van der Waals surface area (Å²) in [7, 11) is 3.96. The van der Waals surface area contributed by atoms with Gasteiger partial charge in [0.2, 0.25) is 0 Å². The molecule has 2 N–H and O–H groups in total. The van der Waals surface area contributed by atoms with Crippen LogP contribution < -0.4 is 10.6 Å². The van der Waals surface area contributed by atoms with Crippen molar-refractivity contribution in [2.45, 2.75) is 46.8 Å². The van der Waals surface area contributed by atoms with Crippen LogP contribution in [0.15, 0.2) is 29.3 Å². The van der Waals surface area contributed by atoms with Crippen molar-refractivity contribution in [2.75, 3.05) is 20.6 Å². The lowest BCUT2D eigenvalue weighted by molar-refractivity contribution is 0.345. The summed E-state index contributed by atoms with van der Waals surface area (Å²) in [4.78, 5) is 6.60. The molecule has 0 spiro atoms. The van der Waals surface area contributed by atoms with E-state index in [2.05, 4.69) is 79.5 Å². The molecule has 4 nitrogen and oxygen atoms in total. The highest BCUT2D eigenvalue weighted by Crippen LogP contribution is 2.07. The highest BCUT2D eigenvalue weighted by atomic mass is 15.2. The van der Waals surface area contributed by atoms with Crippen molar-refractivity contribution in [1.29, 1.82) is 0 Å². The molecule has 0 bridgehead atoms. The van der Waals surface area contributed by atoms with E-state index < -0.39 is 0 Å². The molecule has 0 fully saturated rings. The van der Waals surface area contributed by atoms with E-state index in [1.54, 1.807) is 0 Å². The van der Waals surface area contributed by atoms with E-state index in [0.717, 1.165) is 25.6 Å². The van der Waals surface area contributed by atoms with Gasteiger partial charge in [-0.3, -0.25) is 4.99 Å². The van der Waals surface area contributed by atoms with Crippen molar-refractivity contribution in [3.63, 3.8) is 0 Å². The van der Waals surface area contributed by atoms with E-state index in [4.69, 9.17) is 0 Å². The Morgan fingerprint density at radius 1 is 1.23 bits per heavy atom. The second-order valence-corrected chi connectivity index (χ2v) is 6.25. The zero-order valence-corrected chi connectivity index (χ0v) is 15.0. The number of hydrogen-bond donors (Lipinski definition) is 2. The van der Waals surface area contributed by atoms with Gasteiger partial charge in [-0.2, -0.15) is 0 Å². The molecule has 1 unspecified atom stereocenters. The highest BCUT2D eigenvalue weighted by molar-refractivity contribution is 5.79. The molecule has 0 saturated carbocycles. The first-order valence-corrected chi connectivity index (χ1v) is 8.19. The monoisotopic (exact) mass is 304 g/mol. The zero-order valence-electron chi connectivity index (χ0n) is 15.0. The maximum absolute atomic E-state index is 4.30. The molecule has 1 atom stereocenters. The highest BCUT2D eigenvalue weighted by Gasteiger charge is 2.08. The van der Waals surface area contributed by atoms with Gasteiger partial charge in [-0.05, 0) is 37.6 Å². The van der Waals surface area contributed by atoms with E-state index in [9.17, 15) is 0 Å². The lowest BCUT2D eigenvalue weighted by atomic mass is 10.1. The van der Waals surface area contributed by atoms with Crippen molar-refractivity contribution in [3.05, 3.63) is 35.4 Å². The Morgan fingerprint density at radius 3 is 2.50 bits per heavy atom. The molecule has 0 amide bonds. The average molecular weight is 304 g/mol. The van der Waals surface area contributed by atoms with E-state index in [1.165, 1.54) is 11.1 Å². The topological polar surface area (TPSA) is 39.7 Å². The third kappa shape index (κ3) is 6.48. The molecule has 1 aromatic carbocycles. The molecule has 4 heteroatoms. The lowest BCUT2D eigenvalue weighted by Crippen LogP contribution is -2.43. The van der Waals surface area contributed by atoms with E-state index in [-0.39, 0.29) is 0 Å². The molecule has 124 valence electrons. The summed E-state index contributed by atoms with van der Waals surface area (Å²) in [5, 5.41) is 6.81. The quantitative estimate of drug-likeness (QED) is 0.601. The van der Waals surface area contributed by atoms with Crippen LogP contribution in [0.4, 0.5) is 0 Å². The molecular weight excluding hydrogens is 272 g/mol. The molecule has 0 radical (unpaired) electrons. The number of hydrogen-bond acceptors (Lipinski definition) is 2. The molecule has 0 aliphatic carbocycles. The van der Waals surface area contributed by atoms with Crippen molar-refractivity contribution in [1.82, 2.24) is 15.5 Å². The molecule has 0 aromatic heterocycles. The molecule has 0 aliphatic heterocycles. The fourth-order valence-electron chi connectivity index (χ4n) is 2.02. The van der Waals surface area contributed by atoms with Gasteiger partial charge in [0.15, 0.2) is 5.96 Å². The summed E-state index contributed by atoms with van der Waals surface area (Å²) in [5.41, 5.74) is 2.63. The molecule has 0 saturated heterocycles. The van der Waals surface area contributed by atoms with Gasteiger partial charge >= 0.3 is 0 Å². The second kappa shape index (κ2) is 9.46. The second-order valence-electron chi connectivity index (χ2n) is 6.25. The Balaban J connectivity index is 2.57. The van der Waals surface area contributed by atoms with Gasteiger partial charge in [0.05, 0.1) is 0 Å².